The Morgan fingerprint density at radius 1 is 1.44 bits per heavy atom. The first-order chi connectivity index (χ1) is 8.49. The van der Waals surface area contributed by atoms with Crippen molar-refractivity contribution in [3.05, 3.63) is 0 Å². The first-order valence-electron chi connectivity index (χ1n) is 5.55. The van der Waals surface area contributed by atoms with Crippen LogP contribution in [0.2, 0.25) is 0 Å². The molecule has 0 aromatic carbocycles. The second kappa shape index (κ2) is 5.15. The molecule has 7 nitrogen and oxygen atoms in total. The molecule has 2 aliphatic heterocycles. The summed E-state index contributed by atoms with van der Waals surface area (Å²) in [6, 6.07) is -0.988. The molecule has 2 N–H and O–H groups in total. The van der Waals surface area contributed by atoms with Gasteiger partial charge in [0.15, 0.2) is 0 Å². The molecule has 0 aliphatic carbocycles. The van der Waals surface area contributed by atoms with E-state index in [1.165, 1.54) is 16.7 Å². The summed E-state index contributed by atoms with van der Waals surface area (Å²) >= 11 is 1.42. The molecule has 8 heteroatoms. The summed E-state index contributed by atoms with van der Waals surface area (Å²) < 4.78 is 0. The number of likely N-dealkylation sites (tertiary alicyclic amines) is 1. The Morgan fingerprint density at radius 2 is 2.17 bits per heavy atom. The SMILES string of the molecule is O=C(O)[C@@H]1C[C@@H](O)CN1C(=O)CN1CSCC1=O. The predicted octanol–water partition coefficient (Wildman–Crippen LogP) is -1.43. The van der Waals surface area contributed by atoms with Crippen LogP contribution in [0.5, 0.6) is 0 Å². The van der Waals surface area contributed by atoms with Gasteiger partial charge in [0.05, 0.1) is 17.7 Å². The second-order valence-electron chi connectivity index (χ2n) is 4.36. The number of carbonyl (C=O) groups excluding carboxylic acids is 2. The normalized spacial score (nSPS) is 27.9. The van der Waals surface area contributed by atoms with E-state index in [2.05, 4.69) is 0 Å². The second-order valence-corrected chi connectivity index (χ2v) is 5.31. The van der Waals surface area contributed by atoms with Gasteiger partial charge >= 0.3 is 5.97 Å². The number of carbonyl (C=O) groups is 3. The molecule has 2 aliphatic rings. The van der Waals surface area contributed by atoms with Gasteiger partial charge in [0.1, 0.15) is 12.6 Å². The van der Waals surface area contributed by atoms with Crippen LogP contribution in [0, 0.1) is 0 Å². The molecule has 2 fully saturated rings. The number of aliphatic carboxylic acids is 1. The Bertz CT molecular complexity index is 388. The average Bonchev–Trinajstić information content (AvgIpc) is 2.86. The van der Waals surface area contributed by atoms with Crippen molar-refractivity contribution in [2.24, 2.45) is 0 Å². The van der Waals surface area contributed by atoms with Crippen LogP contribution in [0.1, 0.15) is 6.42 Å². The molecule has 0 saturated carbocycles. The molecular weight excluding hydrogens is 260 g/mol. The van der Waals surface area contributed by atoms with Gasteiger partial charge in [0.2, 0.25) is 11.8 Å². The van der Waals surface area contributed by atoms with Crippen molar-refractivity contribution in [3.8, 4) is 0 Å². The first-order valence-corrected chi connectivity index (χ1v) is 6.70. The molecule has 0 bridgehead atoms. The summed E-state index contributed by atoms with van der Waals surface area (Å²) in [6.45, 7) is -0.0900. The molecular formula is C10H14N2O5S. The maximum absolute atomic E-state index is 12.0. The Balaban J connectivity index is 1.99. The highest BCUT2D eigenvalue weighted by Gasteiger charge is 2.39. The van der Waals surface area contributed by atoms with E-state index >= 15 is 0 Å². The van der Waals surface area contributed by atoms with Gasteiger partial charge in [0, 0.05) is 13.0 Å². The van der Waals surface area contributed by atoms with Crippen LogP contribution in [-0.2, 0) is 14.4 Å². The fourth-order valence-electron chi connectivity index (χ4n) is 2.12. The number of thioether (sulfide) groups is 1. The minimum Gasteiger partial charge on any atom is -0.480 e. The van der Waals surface area contributed by atoms with Gasteiger partial charge in [-0.15, -0.1) is 11.8 Å². The Hall–Kier alpha value is -1.28. The number of hydrogen-bond acceptors (Lipinski definition) is 5. The number of β-amino-alcohol motifs (C(OH)–C–C–N with tert-alkyl or cyclic N) is 1. The average molecular weight is 274 g/mol. The van der Waals surface area contributed by atoms with Gasteiger partial charge in [-0.05, 0) is 0 Å². The van der Waals surface area contributed by atoms with Crippen LogP contribution in [0.4, 0.5) is 0 Å². The van der Waals surface area contributed by atoms with Crippen molar-refractivity contribution in [2.45, 2.75) is 18.6 Å². The smallest absolute Gasteiger partial charge is 0.326 e. The lowest BCUT2D eigenvalue weighted by atomic mass is 10.2. The highest BCUT2D eigenvalue weighted by molar-refractivity contribution is 8.00. The number of carboxylic acids is 1. The maximum atomic E-state index is 12.0. The molecule has 2 heterocycles. The van der Waals surface area contributed by atoms with Gasteiger partial charge in [0.25, 0.3) is 0 Å². The van der Waals surface area contributed by atoms with Gasteiger partial charge in [-0.1, -0.05) is 0 Å². The number of nitrogens with zero attached hydrogens (tertiary/aromatic N) is 2. The lowest BCUT2D eigenvalue weighted by Crippen LogP contribution is -2.46. The molecule has 0 spiro atoms. The van der Waals surface area contributed by atoms with E-state index in [0.29, 0.717) is 11.6 Å². The highest BCUT2D eigenvalue weighted by Crippen LogP contribution is 2.20. The summed E-state index contributed by atoms with van der Waals surface area (Å²) in [5.41, 5.74) is 0. The van der Waals surface area contributed by atoms with E-state index in [1.807, 2.05) is 0 Å². The topological polar surface area (TPSA) is 98.2 Å². The molecule has 100 valence electrons. The Labute approximate surface area is 108 Å². The standard InChI is InChI=1S/C10H14N2O5S/c13-6-1-7(10(16)17)12(2-6)8(14)3-11-5-18-4-9(11)15/h6-7,13H,1-5H2,(H,16,17)/t6-,7+/m1/s1. The van der Waals surface area contributed by atoms with E-state index in [9.17, 15) is 19.5 Å². The van der Waals surface area contributed by atoms with Crippen LogP contribution in [0.15, 0.2) is 0 Å². The van der Waals surface area contributed by atoms with Crippen molar-refractivity contribution < 1.29 is 24.6 Å². The summed E-state index contributed by atoms with van der Waals surface area (Å²) in [6.07, 6.45) is -0.761. The number of carboxylic acid groups (broad SMARTS) is 1. The molecule has 0 radical (unpaired) electrons. The number of rotatable bonds is 3. The van der Waals surface area contributed by atoms with Crippen LogP contribution >= 0.6 is 11.8 Å². The van der Waals surface area contributed by atoms with E-state index in [4.69, 9.17) is 5.11 Å². The van der Waals surface area contributed by atoms with Crippen molar-refractivity contribution in [1.82, 2.24) is 9.80 Å². The van der Waals surface area contributed by atoms with Crippen LogP contribution in [-0.4, -0.2) is 74.7 Å². The quantitative estimate of drug-likeness (QED) is 0.654. The lowest BCUT2D eigenvalue weighted by Gasteiger charge is -2.24. The summed E-state index contributed by atoms with van der Waals surface area (Å²) in [5, 5.41) is 18.4. The molecule has 2 rings (SSSR count). The Morgan fingerprint density at radius 3 is 2.72 bits per heavy atom. The zero-order chi connectivity index (χ0) is 13.3. The molecule has 0 aromatic rings. The number of aliphatic hydroxyl groups excluding tert-OH is 1. The van der Waals surface area contributed by atoms with Gasteiger partial charge in [-0.3, -0.25) is 9.59 Å². The molecule has 2 amide bonds. The Kier molecular flexibility index (Phi) is 3.76. The van der Waals surface area contributed by atoms with Crippen molar-refractivity contribution in [2.75, 3.05) is 24.7 Å². The minimum absolute atomic E-state index is 0.0188. The fourth-order valence-corrected chi connectivity index (χ4v) is 3.02. The van der Waals surface area contributed by atoms with Gasteiger partial charge < -0.3 is 20.0 Å². The summed E-state index contributed by atoms with van der Waals surface area (Å²) in [7, 11) is 0. The first kappa shape index (κ1) is 13.2. The zero-order valence-corrected chi connectivity index (χ0v) is 10.4. The third-order valence-corrected chi connectivity index (χ3v) is 3.98. The molecule has 18 heavy (non-hydrogen) atoms. The predicted molar refractivity (Wildman–Crippen MR) is 62.8 cm³/mol. The van der Waals surface area contributed by atoms with Crippen molar-refractivity contribution in [3.63, 3.8) is 0 Å². The van der Waals surface area contributed by atoms with E-state index in [-0.39, 0.29) is 25.4 Å². The lowest BCUT2D eigenvalue weighted by molar-refractivity contribution is -0.149. The van der Waals surface area contributed by atoms with Crippen LogP contribution < -0.4 is 0 Å². The summed E-state index contributed by atoms with van der Waals surface area (Å²) in [4.78, 5) is 36.8. The zero-order valence-electron chi connectivity index (χ0n) is 9.61. The highest BCUT2D eigenvalue weighted by atomic mass is 32.2. The number of aliphatic hydroxyl groups is 1. The van der Waals surface area contributed by atoms with Crippen molar-refractivity contribution in [1.29, 1.82) is 0 Å². The summed E-state index contributed by atoms with van der Waals surface area (Å²) in [5.74, 6) is -0.839. The van der Waals surface area contributed by atoms with E-state index in [0.717, 1.165) is 4.90 Å². The van der Waals surface area contributed by atoms with Gasteiger partial charge in [-0.2, -0.15) is 0 Å². The van der Waals surface area contributed by atoms with E-state index in [1.54, 1.807) is 0 Å². The fraction of sp³-hybridized carbons (Fsp3) is 0.700. The minimum atomic E-state index is -1.12. The number of amides is 2. The molecule has 2 atom stereocenters. The largest absolute Gasteiger partial charge is 0.480 e. The van der Waals surface area contributed by atoms with E-state index < -0.39 is 24.0 Å². The third kappa shape index (κ3) is 2.59. The monoisotopic (exact) mass is 274 g/mol. The van der Waals surface area contributed by atoms with Crippen LogP contribution in [0.3, 0.4) is 0 Å². The molecule has 0 aromatic heterocycles. The maximum Gasteiger partial charge on any atom is 0.326 e. The third-order valence-electron chi connectivity index (χ3n) is 3.04. The van der Waals surface area contributed by atoms with Crippen LogP contribution in [0.25, 0.3) is 0 Å². The van der Waals surface area contributed by atoms with Crippen molar-refractivity contribution >= 4 is 29.5 Å². The number of hydrogen-bond donors (Lipinski definition) is 2. The van der Waals surface area contributed by atoms with Gasteiger partial charge in [-0.25, -0.2) is 4.79 Å². The molecule has 2 saturated heterocycles. The molecule has 0 unspecified atom stereocenters.